The van der Waals surface area contributed by atoms with E-state index in [-0.39, 0.29) is 21.3 Å². The first-order valence-corrected chi connectivity index (χ1v) is 12.2. The topological polar surface area (TPSA) is 109 Å². The van der Waals surface area contributed by atoms with E-state index in [1.165, 1.54) is 6.07 Å². The second-order valence-corrected chi connectivity index (χ2v) is 9.91. The number of benzene rings is 3. The van der Waals surface area contributed by atoms with Gasteiger partial charge in [0.1, 0.15) is 22.4 Å². The van der Waals surface area contributed by atoms with Crippen LogP contribution >= 0.6 is 22.4 Å². The Morgan fingerprint density at radius 2 is 1.71 bits per heavy atom. The Kier molecular flexibility index (Phi) is 6.79. The molecule has 0 bridgehead atoms. The molecule has 7 nitrogen and oxygen atoms in total. The van der Waals surface area contributed by atoms with E-state index in [1.807, 2.05) is 6.92 Å². The predicted molar refractivity (Wildman–Crippen MR) is 132 cm³/mol. The van der Waals surface area contributed by atoms with Crippen LogP contribution in [0.1, 0.15) is 22.7 Å². The number of carbonyl (C=O) groups is 1. The van der Waals surface area contributed by atoms with Crippen molar-refractivity contribution in [1.29, 1.82) is 0 Å². The highest BCUT2D eigenvalue weighted by molar-refractivity contribution is 8.22. The lowest BCUT2D eigenvalue weighted by molar-refractivity contribution is -0.136. The minimum atomic E-state index is -3.54. The summed E-state index contributed by atoms with van der Waals surface area (Å²) in [5, 5.41) is 0.600. The van der Waals surface area contributed by atoms with Crippen molar-refractivity contribution >= 4 is 39.3 Å². The van der Waals surface area contributed by atoms with E-state index in [9.17, 15) is 18.7 Å². The van der Waals surface area contributed by atoms with Crippen LogP contribution in [0.15, 0.2) is 86.9 Å². The van der Waals surface area contributed by atoms with Crippen LogP contribution in [-0.4, -0.2) is 15.1 Å². The van der Waals surface area contributed by atoms with Gasteiger partial charge in [-0.3, -0.25) is 9.11 Å². The number of nitrogens with one attached hydrogen (secondary N) is 1. The van der Waals surface area contributed by atoms with Gasteiger partial charge in [0.25, 0.3) is 0 Å². The molecule has 4 aromatic rings. The number of hydrogen-bond acceptors (Lipinski definition) is 7. The smallest absolute Gasteiger partial charge is 0.355 e. The van der Waals surface area contributed by atoms with Gasteiger partial charge in [-0.2, -0.15) is 4.72 Å². The summed E-state index contributed by atoms with van der Waals surface area (Å²) in [6.07, 6.45) is 0. The first kappa shape index (κ1) is 24.0. The van der Waals surface area contributed by atoms with Gasteiger partial charge in [-0.05, 0) is 49.2 Å². The average molecular weight is 500 g/mol. The number of rotatable bonds is 6. The summed E-state index contributed by atoms with van der Waals surface area (Å²) < 4.78 is 35.0. The highest BCUT2D eigenvalue weighted by Crippen LogP contribution is 2.46. The maximum Gasteiger partial charge on any atom is 0.355 e. The van der Waals surface area contributed by atoms with Gasteiger partial charge in [-0.15, -0.1) is 10.8 Å². The SMILES string of the molecule is Cc1ccc(S(O)(O)NC(C(=O)Oc2ccc3c(C)c(Cl)c(=O)oc3c2)c2ccccc2)cc1. The molecule has 1 unspecified atom stereocenters. The molecule has 0 radical (unpaired) electrons. The molecule has 0 aliphatic carbocycles. The van der Waals surface area contributed by atoms with Crippen molar-refractivity contribution in [2.24, 2.45) is 0 Å². The van der Waals surface area contributed by atoms with Crippen LogP contribution in [0, 0.1) is 13.8 Å². The molecule has 3 N–H and O–H groups in total. The fourth-order valence-electron chi connectivity index (χ4n) is 3.41. The summed E-state index contributed by atoms with van der Waals surface area (Å²) in [4.78, 5) is 25.4. The zero-order valence-electron chi connectivity index (χ0n) is 18.3. The molecule has 0 saturated carbocycles. The number of ether oxygens (including phenoxy) is 1. The monoisotopic (exact) mass is 499 g/mol. The molecule has 0 aliphatic heterocycles. The Bertz CT molecular complexity index is 1400. The largest absolute Gasteiger partial charge is 0.425 e. The quantitative estimate of drug-likeness (QED) is 0.169. The van der Waals surface area contributed by atoms with Gasteiger partial charge in [0.2, 0.25) is 0 Å². The minimum absolute atomic E-state index is 0.00750. The van der Waals surface area contributed by atoms with Crippen LogP contribution < -0.4 is 15.1 Å². The van der Waals surface area contributed by atoms with Gasteiger partial charge >= 0.3 is 11.6 Å². The molecule has 0 fully saturated rings. The maximum atomic E-state index is 13.2. The molecule has 9 heteroatoms. The van der Waals surface area contributed by atoms with Crippen molar-refractivity contribution < 1.29 is 23.1 Å². The molecule has 3 aromatic carbocycles. The number of hydrogen-bond donors (Lipinski definition) is 3. The Hall–Kier alpha value is -3.14. The molecule has 1 aromatic heterocycles. The lowest BCUT2D eigenvalue weighted by atomic mass is 10.1. The Morgan fingerprint density at radius 1 is 1.03 bits per heavy atom. The van der Waals surface area contributed by atoms with Crippen LogP contribution in [0.5, 0.6) is 5.75 Å². The van der Waals surface area contributed by atoms with Gasteiger partial charge in [0.05, 0.1) is 4.90 Å². The molecule has 1 atom stereocenters. The van der Waals surface area contributed by atoms with E-state index in [2.05, 4.69) is 4.72 Å². The van der Waals surface area contributed by atoms with Crippen LogP contribution in [0.3, 0.4) is 0 Å². The van der Waals surface area contributed by atoms with Crippen molar-refractivity contribution in [2.75, 3.05) is 0 Å². The molecular weight excluding hydrogens is 478 g/mol. The first-order valence-electron chi connectivity index (χ1n) is 10.3. The summed E-state index contributed by atoms with van der Waals surface area (Å²) in [5.41, 5.74) is 1.52. The highest BCUT2D eigenvalue weighted by atomic mass is 35.5. The number of carbonyl (C=O) groups excluding carboxylic acids is 1. The van der Waals surface area contributed by atoms with Crippen LogP contribution in [0.25, 0.3) is 11.0 Å². The average Bonchev–Trinajstić information content (AvgIpc) is 2.82. The molecule has 176 valence electrons. The van der Waals surface area contributed by atoms with Crippen molar-refractivity contribution in [3.63, 3.8) is 0 Å². The molecule has 4 rings (SSSR count). The second-order valence-electron chi connectivity index (χ2n) is 7.73. The van der Waals surface area contributed by atoms with Crippen molar-refractivity contribution in [1.82, 2.24) is 4.72 Å². The molecule has 0 saturated heterocycles. The van der Waals surface area contributed by atoms with Crippen molar-refractivity contribution in [3.05, 3.63) is 105 Å². The maximum absolute atomic E-state index is 13.2. The van der Waals surface area contributed by atoms with E-state index < -0.39 is 28.4 Å². The summed E-state index contributed by atoms with van der Waals surface area (Å²) in [5.74, 6) is -0.650. The third kappa shape index (κ3) is 5.01. The summed E-state index contributed by atoms with van der Waals surface area (Å²) >= 11 is 5.97. The van der Waals surface area contributed by atoms with E-state index in [4.69, 9.17) is 20.8 Å². The minimum Gasteiger partial charge on any atom is -0.425 e. The predicted octanol–water partition coefficient (Wildman–Crippen LogP) is 6.02. The Balaban J connectivity index is 1.66. The van der Waals surface area contributed by atoms with Gasteiger partial charge in [0.15, 0.2) is 0 Å². The highest BCUT2D eigenvalue weighted by Gasteiger charge is 2.29. The molecular formula is C25H22ClNO6S. The molecule has 34 heavy (non-hydrogen) atoms. The standard InChI is InChI=1S/C25H22ClNO6S/c1-15-8-11-19(12-9-15)34(30,31)27-23(17-6-4-3-5-7-17)25(29)32-18-10-13-20-16(2)22(26)24(28)33-21(20)14-18/h3-14,23,27,30-31H,1-2H3. The number of esters is 1. The fourth-order valence-corrected chi connectivity index (χ4v) is 4.76. The molecule has 0 spiro atoms. The lowest BCUT2D eigenvalue weighted by Crippen LogP contribution is -2.34. The zero-order chi connectivity index (χ0) is 24.5. The number of fused-ring (bicyclic) bond motifs is 1. The Morgan fingerprint density at radius 3 is 2.38 bits per heavy atom. The summed E-state index contributed by atoms with van der Waals surface area (Å²) in [6.45, 7) is 3.58. The summed E-state index contributed by atoms with van der Waals surface area (Å²) in [6, 6.07) is 18.7. The van der Waals surface area contributed by atoms with E-state index >= 15 is 0 Å². The van der Waals surface area contributed by atoms with Crippen LogP contribution in [0.2, 0.25) is 5.02 Å². The zero-order valence-corrected chi connectivity index (χ0v) is 19.9. The normalized spacial score (nSPS) is 13.0. The first-order chi connectivity index (χ1) is 16.2. The molecule has 0 aliphatic rings. The lowest BCUT2D eigenvalue weighted by Gasteiger charge is -2.36. The fraction of sp³-hybridized carbons (Fsp3) is 0.120. The number of halogens is 1. The number of aryl methyl sites for hydroxylation is 2. The van der Waals surface area contributed by atoms with Crippen molar-refractivity contribution in [2.45, 2.75) is 24.8 Å². The van der Waals surface area contributed by atoms with E-state index in [1.54, 1.807) is 73.7 Å². The van der Waals surface area contributed by atoms with Crippen molar-refractivity contribution in [3.8, 4) is 5.75 Å². The second kappa shape index (κ2) is 9.61. The summed E-state index contributed by atoms with van der Waals surface area (Å²) in [7, 11) is -3.54. The van der Waals surface area contributed by atoms with Gasteiger partial charge in [-0.25, -0.2) is 9.59 Å². The van der Waals surface area contributed by atoms with E-state index in [0.29, 0.717) is 16.5 Å². The molecule has 1 heterocycles. The van der Waals surface area contributed by atoms with Crippen LogP contribution in [-0.2, 0) is 4.79 Å². The van der Waals surface area contributed by atoms with E-state index in [0.717, 1.165) is 5.56 Å². The Labute approximate surface area is 202 Å². The third-order valence-corrected chi connectivity index (χ3v) is 7.22. The van der Waals surface area contributed by atoms with Gasteiger partial charge < -0.3 is 9.15 Å². The third-order valence-electron chi connectivity index (χ3n) is 5.29. The van der Waals surface area contributed by atoms with Crippen LogP contribution in [0.4, 0.5) is 0 Å². The molecule has 0 amide bonds. The van der Waals surface area contributed by atoms with Gasteiger partial charge in [-0.1, -0.05) is 59.6 Å². The van der Waals surface area contributed by atoms with Gasteiger partial charge in [0, 0.05) is 11.5 Å².